The lowest BCUT2D eigenvalue weighted by molar-refractivity contribution is 0.268. The number of aliphatic hydroxyl groups is 1. The zero-order valence-corrected chi connectivity index (χ0v) is 13.9. The zero-order chi connectivity index (χ0) is 15.6. The van der Waals surface area contributed by atoms with Crippen molar-refractivity contribution < 1.29 is 13.5 Å². The predicted octanol–water partition coefficient (Wildman–Crippen LogP) is 1.45. The Morgan fingerprint density at radius 1 is 1.33 bits per heavy atom. The summed E-state index contributed by atoms with van der Waals surface area (Å²) in [6, 6.07) is 0.0448. The number of sulfonamides is 1. The first-order chi connectivity index (χ1) is 9.89. The van der Waals surface area contributed by atoms with Crippen LogP contribution >= 0.6 is 0 Å². The summed E-state index contributed by atoms with van der Waals surface area (Å²) < 4.78 is 29.2. The van der Waals surface area contributed by atoms with Crippen molar-refractivity contribution in [2.24, 2.45) is 0 Å². The van der Waals surface area contributed by atoms with Crippen molar-refractivity contribution in [3.63, 3.8) is 0 Å². The van der Waals surface area contributed by atoms with Gasteiger partial charge in [0.2, 0.25) is 10.0 Å². The molecule has 120 valence electrons. The summed E-state index contributed by atoms with van der Waals surface area (Å²) in [6.45, 7) is 6.70. The lowest BCUT2D eigenvalue weighted by Gasteiger charge is -2.32. The van der Waals surface area contributed by atoms with Gasteiger partial charge in [0.15, 0.2) is 0 Å². The molecule has 0 amide bonds. The Labute approximate surface area is 126 Å². The van der Waals surface area contributed by atoms with Crippen LogP contribution in [-0.2, 0) is 16.6 Å². The van der Waals surface area contributed by atoms with E-state index in [0.717, 1.165) is 19.3 Å². The number of aliphatic hydroxyl groups excluding tert-OH is 1. The average molecular weight is 315 g/mol. The summed E-state index contributed by atoms with van der Waals surface area (Å²) in [5, 5.41) is 13.3. The van der Waals surface area contributed by atoms with E-state index in [4.69, 9.17) is 5.11 Å². The van der Waals surface area contributed by atoms with Crippen LogP contribution in [-0.4, -0.2) is 46.8 Å². The maximum absolute atomic E-state index is 12.9. The maximum atomic E-state index is 12.9. The highest BCUT2D eigenvalue weighted by molar-refractivity contribution is 7.89. The third kappa shape index (κ3) is 3.14. The molecule has 1 aliphatic rings. The van der Waals surface area contributed by atoms with Crippen molar-refractivity contribution >= 4 is 10.0 Å². The van der Waals surface area contributed by atoms with Crippen LogP contribution in [0.2, 0.25) is 0 Å². The summed E-state index contributed by atoms with van der Waals surface area (Å²) in [6.07, 6.45) is 3.48. The molecule has 21 heavy (non-hydrogen) atoms. The smallest absolute Gasteiger partial charge is 0.246 e. The molecule has 1 aliphatic heterocycles. The van der Waals surface area contributed by atoms with Gasteiger partial charge >= 0.3 is 0 Å². The second-order valence-electron chi connectivity index (χ2n) is 5.76. The lowest BCUT2D eigenvalue weighted by atomic mass is 10.1. The molecular formula is C14H25N3O3S. The van der Waals surface area contributed by atoms with E-state index in [-0.39, 0.29) is 12.6 Å². The van der Waals surface area contributed by atoms with E-state index in [0.29, 0.717) is 35.8 Å². The second kappa shape index (κ2) is 6.46. The van der Waals surface area contributed by atoms with Gasteiger partial charge in [-0.05, 0) is 40.0 Å². The summed E-state index contributed by atoms with van der Waals surface area (Å²) in [4.78, 5) is 0.342. The number of aryl methyl sites for hydroxylation is 2. The molecule has 0 saturated carbocycles. The molecule has 0 bridgehead atoms. The van der Waals surface area contributed by atoms with Crippen molar-refractivity contribution in [3.05, 3.63) is 11.4 Å². The fraction of sp³-hybridized carbons (Fsp3) is 0.786. The molecule has 1 fully saturated rings. The van der Waals surface area contributed by atoms with Gasteiger partial charge in [-0.15, -0.1) is 0 Å². The Bertz CT molecular complexity index is 595. The number of aromatic nitrogens is 2. The number of piperidine rings is 1. The SMILES string of the molecule is Cc1nn(CCCO)c(C)c1S(=O)(=O)N1CCCCC1C. The van der Waals surface area contributed by atoms with Crippen LogP contribution in [0, 0.1) is 13.8 Å². The van der Waals surface area contributed by atoms with E-state index in [1.54, 1.807) is 22.8 Å². The molecule has 1 unspecified atom stereocenters. The van der Waals surface area contributed by atoms with Crippen LogP contribution in [0.4, 0.5) is 0 Å². The minimum Gasteiger partial charge on any atom is -0.396 e. The Balaban J connectivity index is 2.38. The molecular weight excluding hydrogens is 290 g/mol. The first-order valence-corrected chi connectivity index (χ1v) is 9.00. The molecule has 1 atom stereocenters. The molecule has 6 nitrogen and oxygen atoms in total. The Hall–Kier alpha value is -0.920. The highest BCUT2D eigenvalue weighted by atomic mass is 32.2. The van der Waals surface area contributed by atoms with Crippen LogP contribution < -0.4 is 0 Å². The normalized spacial score (nSPS) is 20.9. The fourth-order valence-corrected chi connectivity index (χ4v) is 5.11. The molecule has 0 radical (unpaired) electrons. The maximum Gasteiger partial charge on any atom is 0.246 e. The van der Waals surface area contributed by atoms with Crippen LogP contribution in [0.15, 0.2) is 4.90 Å². The average Bonchev–Trinajstić information content (AvgIpc) is 2.71. The van der Waals surface area contributed by atoms with E-state index in [1.165, 1.54) is 0 Å². The van der Waals surface area contributed by atoms with Gasteiger partial charge < -0.3 is 5.11 Å². The Morgan fingerprint density at radius 3 is 2.67 bits per heavy atom. The van der Waals surface area contributed by atoms with E-state index in [1.807, 2.05) is 6.92 Å². The van der Waals surface area contributed by atoms with Gasteiger partial charge in [0, 0.05) is 25.7 Å². The molecule has 1 saturated heterocycles. The van der Waals surface area contributed by atoms with Crippen molar-refractivity contribution in [2.45, 2.75) is 63.9 Å². The minimum absolute atomic E-state index is 0.0448. The van der Waals surface area contributed by atoms with Gasteiger partial charge in [0.05, 0.1) is 11.4 Å². The highest BCUT2D eigenvalue weighted by Crippen LogP contribution is 2.28. The van der Waals surface area contributed by atoms with E-state index in [2.05, 4.69) is 5.10 Å². The summed E-state index contributed by atoms with van der Waals surface area (Å²) in [5.74, 6) is 0. The quantitative estimate of drug-likeness (QED) is 0.892. The number of hydrogen-bond acceptors (Lipinski definition) is 4. The van der Waals surface area contributed by atoms with E-state index < -0.39 is 10.0 Å². The standard InChI is InChI=1S/C14H25N3O3S/c1-11-7-4-5-9-17(11)21(19,20)14-12(2)15-16(13(14)3)8-6-10-18/h11,18H,4-10H2,1-3H3. The highest BCUT2D eigenvalue weighted by Gasteiger charge is 2.35. The molecule has 0 spiro atoms. The van der Waals surface area contributed by atoms with Gasteiger partial charge in [0.1, 0.15) is 4.90 Å². The largest absolute Gasteiger partial charge is 0.396 e. The molecule has 2 rings (SSSR count). The van der Waals surface area contributed by atoms with Crippen LogP contribution in [0.5, 0.6) is 0 Å². The van der Waals surface area contributed by atoms with E-state index >= 15 is 0 Å². The fourth-order valence-electron chi connectivity index (χ4n) is 3.04. The van der Waals surface area contributed by atoms with Crippen LogP contribution in [0.25, 0.3) is 0 Å². The Kier molecular flexibility index (Phi) is 5.06. The first kappa shape index (κ1) is 16.5. The summed E-state index contributed by atoms with van der Waals surface area (Å²) in [5.41, 5.74) is 1.21. The molecule has 0 aliphatic carbocycles. The first-order valence-electron chi connectivity index (χ1n) is 7.56. The van der Waals surface area contributed by atoms with Crippen molar-refractivity contribution in [2.75, 3.05) is 13.2 Å². The predicted molar refractivity (Wildman–Crippen MR) is 80.6 cm³/mol. The molecule has 1 aromatic rings. The summed E-state index contributed by atoms with van der Waals surface area (Å²) >= 11 is 0. The van der Waals surface area contributed by atoms with Gasteiger partial charge in [-0.1, -0.05) is 6.42 Å². The number of rotatable bonds is 5. The van der Waals surface area contributed by atoms with Crippen LogP contribution in [0.1, 0.15) is 44.0 Å². The lowest BCUT2D eigenvalue weighted by Crippen LogP contribution is -2.42. The Morgan fingerprint density at radius 2 is 2.05 bits per heavy atom. The van der Waals surface area contributed by atoms with Crippen molar-refractivity contribution in [3.8, 4) is 0 Å². The minimum atomic E-state index is -3.49. The van der Waals surface area contributed by atoms with Crippen LogP contribution in [0.3, 0.4) is 0 Å². The van der Waals surface area contributed by atoms with Gasteiger partial charge in [0.25, 0.3) is 0 Å². The van der Waals surface area contributed by atoms with Crippen molar-refractivity contribution in [1.82, 2.24) is 14.1 Å². The molecule has 7 heteroatoms. The van der Waals surface area contributed by atoms with Gasteiger partial charge in [-0.3, -0.25) is 4.68 Å². The zero-order valence-electron chi connectivity index (χ0n) is 13.0. The van der Waals surface area contributed by atoms with Gasteiger partial charge in [-0.2, -0.15) is 9.40 Å². The number of nitrogens with zero attached hydrogens (tertiary/aromatic N) is 3. The van der Waals surface area contributed by atoms with Gasteiger partial charge in [-0.25, -0.2) is 8.42 Å². The molecule has 1 aromatic heterocycles. The molecule has 0 aromatic carbocycles. The topological polar surface area (TPSA) is 75.4 Å². The summed E-state index contributed by atoms with van der Waals surface area (Å²) in [7, 11) is -3.49. The molecule has 2 heterocycles. The molecule has 1 N–H and O–H groups in total. The third-order valence-corrected chi connectivity index (χ3v) is 6.42. The monoisotopic (exact) mass is 315 g/mol. The second-order valence-corrected chi connectivity index (χ2v) is 7.59. The van der Waals surface area contributed by atoms with Crippen molar-refractivity contribution in [1.29, 1.82) is 0 Å². The third-order valence-electron chi connectivity index (χ3n) is 4.15. The van der Waals surface area contributed by atoms with E-state index in [9.17, 15) is 8.42 Å². The number of hydrogen-bond donors (Lipinski definition) is 1.